The second kappa shape index (κ2) is 5.61. The lowest BCUT2D eigenvalue weighted by molar-refractivity contribution is 0.102. The van der Waals surface area contributed by atoms with Gasteiger partial charge in [-0.1, -0.05) is 11.6 Å². The monoisotopic (exact) mass is 408 g/mol. The first kappa shape index (κ1) is 13.9. The third kappa shape index (κ3) is 3.06. The largest absolute Gasteiger partial charge is 0.398 e. The van der Waals surface area contributed by atoms with Crippen LogP contribution in [0.2, 0.25) is 5.02 Å². The van der Waals surface area contributed by atoms with Gasteiger partial charge >= 0.3 is 0 Å². The summed E-state index contributed by atoms with van der Waals surface area (Å²) in [6, 6.07) is 6.72. The van der Waals surface area contributed by atoms with Crippen LogP contribution in [0.25, 0.3) is 0 Å². The molecule has 0 aliphatic rings. The van der Waals surface area contributed by atoms with Gasteiger partial charge < -0.3 is 11.1 Å². The van der Waals surface area contributed by atoms with Gasteiger partial charge in [-0.05, 0) is 56.1 Å². The van der Waals surface area contributed by atoms with E-state index in [0.29, 0.717) is 22.0 Å². The second-order valence-corrected chi connectivity index (χ2v) is 7.58. The van der Waals surface area contributed by atoms with Gasteiger partial charge in [0.2, 0.25) is 0 Å². The van der Waals surface area contributed by atoms with E-state index < -0.39 is 0 Å². The Bertz CT molecular complexity index is 615. The lowest BCUT2D eigenvalue weighted by atomic mass is 10.2. The lowest BCUT2D eigenvalue weighted by Crippen LogP contribution is -2.11. The molecule has 1 heterocycles. The highest BCUT2D eigenvalue weighted by atomic mass is 79.9. The Balaban J connectivity index is 2.21. The molecule has 0 spiro atoms. The van der Waals surface area contributed by atoms with E-state index in [1.807, 2.05) is 0 Å². The van der Waals surface area contributed by atoms with Gasteiger partial charge in [0, 0.05) is 5.69 Å². The SMILES string of the molecule is Nc1ccc(NC(=O)c2cc(Br)sc2Br)cc1Cl. The number of carbonyl (C=O) groups excluding carboxylic acids is 1. The minimum atomic E-state index is -0.204. The number of nitrogen functional groups attached to an aromatic ring is 1. The minimum Gasteiger partial charge on any atom is -0.398 e. The molecular weight excluding hydrogens is 403 g/mol. The number of rotatable bonds is 2. The predicted molar refractivity (Wildman–Crippen MR) is 83.5 cm³/mol. The highest BCUT2D eigenvalue weighted by molar-refractivity contribution is 9.12. The van der Waals surface area contributed by atoms with E-state index in [1.54, 1.807) is 24.3 Å². The molecule has 1 aromatic carbocycles. The average molecular weight is 411 g/mol. The van der Waals surface area contributed by atoms with E-state index in [2.05, 4.69) is 37.2 Å². The molecule has 3 nitrogen and oxygen atoms in total. The number of thiophene rings is 1. The Morgan fingerprint density at radius 3 is 2.61 bits per heavy atom. The fraction of sp³-hybridized carbons (Fsp3) is 0. The lowest BCUT2D eigenvalue weighted by Gasteiger charge is -2.06. The highest BCUT2D eigenvalue weighted by Crippen LogP contribution is 2.32. The van der Waals surface area contributed by atoms with Crippen molar-refractivity contribution in [2.24, 2.45) is 0 Å². The van der Waals surface area contributed by atoms with E-state index in [9.17, 15) is 4.79 Å². The second-order valence-electron chi connectivity index (χ2n) is 3.43. The molecule has 2 rings (SSSR count). The minimum absolute atomic E-state index is 0.204. The zero-order chi connectivity index (χ0) is 13.3. The maximum atomic E-state index is 12.0. The summed E-state index contributed by atoms with van der Waals surface area (Å²) >= 11 is 14.0. The topological polar surface area (TPSA) is 55.1 Å². The maximum Gasteiger partial charge on any atom is 0.257 e. The Morgan fingerprint density at radius 1 is 1.33 bits per heavy atom. The van der Waals surface area contributed by atoms with E-state index in [-0.39, 0.29) is 5.91 Å². The van der Waals surface area contributed by atoms with Crippen LogP contribution in [-0.4, -0.2) is 5.91 Å². The molecule has 2 aromatic rings. The van der Waals surface area contributed by atoms with Gasteiger partial charge in [-0.3, -0.25) is 4.79 Å². The number of carbonyl (C=O) groups is 1. The third-order valence-corrected chi connectivity index (χ3v) is 4.83. The summed E-state index contributed by atoms with van der Waals surface area (Å²) in [5.41, 5.74) is 7.26. The molecule has 1 amide bonds. The Morgan fingerprint density at radius 2 is 2.06 bits per heavy atom. The molecule has 0 fully saturated rings. The maximum absolute atomic E-state index is 12.0. The summed E-state index contributed by atoms with van der Waals surface area (Å²) < 4.78 is 1.66. The van der Waals surface area contributed by atoms with Crippen molar-refractivity contribution in [1.29, 1.82) is 0 Å². The number of benzene rings is 1. The first-order chi connectivity index (χ1) is 8.47. The number of nitrogens with one attached hydrogen (secondary N) is 1. The van der Waals surface area contributed by atoms with Crippen LogP contribution in [0.4, 0.5) is 11.4 Å². The van der Waals surface area contributed by atoms with Crippen LogP contribution in [0.5, 0.6) is 0 Å². The molecule has 1 aromatic heterocycles. The van der Waals surface area contributed by atoms with Crippen molar-refractivity contribution in [2.45, 2.75) is 0 Å². The molecule has 0 bridgehead atoms. The molecule has 3 N–H and O–H groups in total. The number of hydrogen-bond donors (Lipinski definition) is 2. The van der Waals surface area contributed by atoms with Crippen molar-refractivity contribution < 1.29 is 4.79 Å². The Hall–Kier alpha value is -0.560. The van der Waals surface area contributed by atoms with E-state index in [0.717, 1.165) is 7.57 Å². The summed E-state index contributed by atoms with van der Waals surface area (Å²) in [5.74, 6) is -0.204. The van der Waals surface area contributed by atoms with Crippen molar-refractivity contribution >= 4 is 72.1 Å². The van der Waals surface area contributed by atoms with E-state index >= 15 is 0 Å². The molecule has 0 saturated carbocycles. The molecular formula is C11H7Br2ClN2OS. The van der Waals surface area contributed by atoms with Crippen LogP contribution < -0.4 is 11.1 Å². The van der Waals surface area contributed by atoms with E-state index in [4.69, 9.17) is 17.3 Å². The smallest absolute Gasteiger partial charge is 0.257 e. The highest BCUT2D eigenvalue weighted by Gasteiger charge is 2.14. The molecule has 0 unspecified atom stereocenters. The van der Waals surface area contributed by atoms with Gasteiger partial charge in [-0.2, -0.15) is 0 Å². The van der Waals surface area contributed by atoms with E-state index in [1.165, 1.54) is 11.3 Å². The number of hydrogen-bond acceptors (Lipinski definition) is 3. The molecule has 7 heteroatoms. The van der Waals surface area contributed by atoms with Crippen molar-refractivity contribution in [1.82, 2.24) is 0 Å². The van der Waals surface area contributed by atoms with Gasteiger partial charge in [-0.25, -0.2) is 0 Å². The number of anilines is 2. The normalized spacial score (nSPS) is 10.4. The van der Waals surface area contributed by atoms with Crippen molar-refractivity contribution in [3.05, 3.63) is 42.4 Å². The van der Waals surface area contributed by atoms with Crippen LogP contribution in [0.3, 0.4) is 0 Å². The first-order valence-corrected chi connectivity index (χ1v) is 7.56. The van der Waals surface area contributed by atoms with Crippen LogP contribution in [0.15, 0.2) is 31.8 Å². The third-order valence-electron chi connectivity index (χ3n) is 2.16. The van der Waals surface area contributed by atoms with Gasteiger partial charge in [0.25, 0.3) is 5.91 Å². The quantitative estimate of drug-likeness (QED) is 0.702. The summed E-state index contributed by atoms with van der Waals surface area (Å²) in [6.07, 6.45) is 0. The van der Waals surface area contributed by atoms with Crippen LogP contribution in [-0.2, 0) is 0 Å². The zero-order valence-corrected chi connectivity index (χ0v) is 13.6. The Labute approximate surface area is 130 Å². The standard InChI is InChI=1S/C11H7Br2ClN2OS/c12-9-4-6(10(13)18-9)11(17)16-5-1-2-8(15)7(14)3-5/h1-4H,15H2,(H,16,17). The molecule has 18 heavy (non-hydrogen) atoms. The summed E-state index contributed by atoms with van der Waals surface area (Å²) in [5, 5.41) is 3.17. The van der Waals surface area contributed by atoms with Gasteiger partial charge in [-0.15, -0.1) is 11.3 Å². The number of amides is 1. The fourth-order valence-electron chi connectivity index (χ4n) is 1.30. The number of nitrogens with two attached hydrogens (primary N) is 1. The summed E-state index contributed by atoms with van der Waals surface area (Å²) in [4.78, 5) is 12.0. The molecule has 94 valence electrons. The fourth-order valence-corrected chi connectivity index (χ4v) is 4.27. The molecule has 0 atom stereocenters. The molecule has 0 radical (unpaired) electrons. The predicted octanol–water partition coefficient (Wildman–Crippen LogP) is 4.76. The molecule has 0 aliphatic heterocycles. The molecule has 0 aliphatic carbocycles. The first-order valence-electron chi connectivity index (χ1n) is 4.78. The van der Waals surface area contributed by atoms with Gasteiger partial charge in [0.1, 0.15) is 0 Å². The van der Waals surface area contributed by atoms with Gasteiger partial charge in [0.05, 0.1) is 23.8 Å². The van der Waals surface area contributed by atoms with Crippen molar-refractivity contribution in [3.8, 4) is 0 Å². The van der Waals surface area contributed by atoms with Gasteiger partial charge in [0.15, 0.2) is 0 Å². The Kier molecular flexibility index (Phi) is 4.32. The summed E-state index contributed by atoms with van der Waals surface area (Å²) in [7, 11) is 0. The van der Waals surface area contributed by atoms with Crippen LogP contribution in [0, 0.1) is 0 Å². The zero-order valence-electron chi connectivity index (χ0n) is 8.84. The van der Waals surface area contributed by atoms with Crippen molar-refractivity contribution in [2.75, 3.05) is 11.1 Å². The van der Waals surface area contributed by atoms with Crippen LogP contribution in [0.1, 0.15) is 10.4 Å². The molecule has 0 saturated heterocycles. The van der Waals surface area contributed by atoms with Crippen LogP contribution >= 0.6 is 54.8 Å². The summed E-state index contributed by atoms with van der Waals surface area (Å²) in [6.45, 7) is 0. The average Bonchev–Trinajstić information content (AvgIpc) is 2.63. The number of halogens is 3. The van der Waals surface area contributed by atoms with Crippen molar-refractivity contribution in [3.63, 3.8) is 0 Å².